The van der Waals surface area contributed by atoms with Crippen LogP contribution in [0.25, 0.3) is 0 Å². The van der Waals surface area contributed by atoms with Crippen molar-refractivity contribution in [1.29, 1.82) is 0 Å². The number of sulfonamides is 1. The van der Waals surface area contributed by atoms with E-state index in [1.54, 1.807) is 24.3 Å². The molecule has 0 heterocycles. The Morgan fingerprint density at radius 1 is 0.871 bits per heavy atom. The molecule has 0 aliphatic carbocycles. The summed E-state index contributed by atoms with van der Waals surface area (Å²) in [4.78, 5) is 12.5. The molecule has 0 aromatic heterocycles. The normalized spacial score (nSPS) is 11.5. The molecule has 1 N–H and O–H groups in total. The minimum atomic E-state index is -4.10. The standard InChI is InChI=1S/C22H19Cl3N2O3S/c23-17-10-11-19(25)21(14-17)31(29,30)27(13-12-16-6-2-1-3-7-16)15-22(28)26-20-9-5-4-8-18(20)24/h1-11,14H,12-13,15H2,(H,26,28). The maximum absolute atomic E-state index is 13.4. The molecule has 0 fully saturated rings. The molecule has 0 aliphatic heterocycles. The van der Waals surface area contributed by atoms with Crippen LogP contribution in [0.15, 0.2) is 77.7 Å². The number of hydrogen-bond donors (Lipinski definition) is 1. The van der Waals surface area contributed by atoms with E-state index in [1.807, 2.05) is 30.3 Å². The molecule has 162 valence electrons. The second kappa shape index (κ2) is 10.5. The van der Waals surface area contributed by atoms with Crippen LogP contribution >= 0.6 is 34.8 Å². The summed E-state index contributed by atoms with van der Waals surface area (Å²) in [6.45, 7) is -0.339. The van der Waals surface area contributed by atoms with Crippen LogP contribution in [-0.4, -0.2) is 31.7 Å². The van der Waals surface area contributed by atoms with Gasteiger partial charge < -0.3 is 5.32 Å². The molecule has 0 bridgehead atoms. The molecule has 1 amide bonds. The fourth-order valence-corrected chi connectivity index (χ4v) is 5.23. The van der Waals surface area contributed by atoms with Crippen molar-refractivity contribution < 1.29 is 13.2 Å². The molecular formula is C22H19Cl3N2O3S. The summed E-state index contributed by atoms with van der Waals surface area (Å²) in [6.07, 6.45) is 0.414. The topological polar surface area (TPSA) is 66.5 Å². The van der Waals surface area contributed by atoms with E-state index in [9.17, 15) is 13.2 Å². The molecule has 9 heteroatoms. The molecule has 0 saturated heterocycles. The highest BCUT2D eigenvalue weighted by Gasteiger charge is 2.29. The Labute approximate surface area is 196 Å². The molecule has 0 spiro atoms. The van der Waals surface area contributed by atoms with Crippen LogP contribution in [0.2, 0.25) is 15.1 Å². The maximum atomic E-state index is 13.4. The highest BCUT2D eigenvalue weighted by Crippen LogP contribution is 2.28. The van der Waals surface area contributed by atoms with Gasteiger partial charge in [-0.3, -0.25) is 4.79 Å². The molecular weight excluding hydrogens is 479 g/mol. The molecule has 5 nitrogen and oxygen atoms in total. The van der Waals surface area contributed by atoms with E-state index in [4.69, 9.17) is 34.8 Å². The number of para-hydroxylation sites is 1. The van der Waals surface area contributed by atoms with Gasteiger partial charge in [0.25, 0.3) is 0 Å². The van der Waals surface area contributed by atoms with E-state index in [0.29, 0.717) is 17.1 Å². The molecule has 3 aromatic rings. The summed E-state index contributed by atoms with van der Waals surface area (Å²) in [7, 11) is -4.10. The average Bonchev–Trinajstić information content (AvgIpc) is 2.75. The molecule has 3 aromatic carbocycles. The van der Waals surface area contributed by atoms with Crippen molar-refractivity contribution in [3.8, 4) is 0 Å². The number of hydrogen-bond acceptors (Lipinski definition) is 3. The first-order valence-corrected chi connectivity index (χ1v) is 11.9. The Hall–Kier alpha value is -2.09. The predicted octanol–water partition coefficient (Wildman–Crippen LogP) is 5.52. The Kier molecular flexibility index (Phi) is 7.97. The third-order valence-electron chi connectivity index (χ3n) is 4.47. The van der Waals surface area contributed by atoms with Gasteiger partial charge in [-0.15, -0.1) is 0 Å². The van der Waals surface area contributed by atoms with E-state index in [-0.39, 0.29) is 21.5 Å². The van der Waals surface area contributed by atoms with E-state index in [1.165, 1.54) is 18.2 Å². The van der Waals surface area contributed by atoms with Crippen molar-refractivity contribution in [2.75, 3.05) is 18.4 Å². The first kappa shape index (κ1) is 23.6. The predicted molar refractivity (Wildman–Crippen MR) is 125 cm³/mol. The van der Waals surface area contributed by atoms with Crippen LogP contribution < -0.4 is 5.32 Å². The summed E-state index contributed by atoms with van der Waals surface area (Å²) in [5.74, 6) is -0.525. The van der Waals surface area contributed by atoms with Gasteiger partial charge in [-0.05, 0) is 42.3 Å². The number of anilines is 1. The van der Waals surface area contributed by atoms with Gasteiger partial charge in [-0.2, -0.15) is 4.31 Å². The first-order chi connectivity index (χ1) is 14.8. The van der Waals surface area contributed by atoms with Gasteiger partial charge in [-0.1, -0.05) is 77.3 Å². The van der Waals surface area contributed by atoms with Crippen LogP contribution in [0.3, 0.4) is 0 Å². The van der Waals surface area contributed by atoms with Gasteiger partial charge in [-0.25, -0.2) is 8.42 Å². The third-order valence-corrected chi connectivity index (χ3v) is 7.36. The number of carbonyl (C=O) groups excluding carboxylic acids is 1. The average molecular weight is 498 g/mol. The SMILES string of the molecule is O=C(CN(CCc1ccccc1)S(=O)(=O)c1cc(Cl)ccc1Cl)Nc1ccccc1Cl. The van der Waals surface area contributed by atoms with Crippen molar-refractivity contribution in [1.82, 2.24) is 4.31 Å². The lowest BCUT2D eigenvalue weighted by atomic mass is 10.1. The van der Waals surface area contributed by atoms with E-state index < -0.39 is 22.5 Å². The molecule has 0 saturated carbocycles. The number of nitrogens with one attached hydrogen (secondary N) is 1. The van der Waals surface area contributed by atoms with Crippen LogP contribution in [0.5, 0.6) is 0 Å². The molecule has 0 atom stereocenters. The lowest BCUT2D eigenvalue weighted by molar-refractivity contribution is -0.116. The fourth-order valence-electron chi connectivity index (χ4n) is 2.91. The third kappa shape index (κ3) is 6.21. The summed E-state index contributed by atoms with van der Waals surface area (Å²) in [6, 6.07) is 20.3. The second-order valence-electron chi connectivity index (χ2n) is 6.68. The Morgan fingerprint density at radius 3 is 2.26 bits per heavy atom. The van der Waals surface area contributed by atoms with Crippen molar-refractivity contribution in [3.63, 3.8) is 0 Å². The zero-order valence-corrected chi connectivity index (χ0v) is 19.3. The van der Waals surface area contributed by atoms with E-state index >= 15 is 0 Å². The van der Waals surface area contributed by atoms with Gasteiger partial charge in [0.1, 0.15) is 4.90 Å². The van der Waals surface area contributed by atoms with E-state index in [0.717, 1.165) is 9.87 Å². The molecule has 0 aliphatic rings. The zero-order chi connectivity index (χ0) is 22.4. The van der Waals surface area contributed by atoms with Gasteiger partial charge in [0.15, 0.2) is 0 Å². The van der Waals surface area contributed by atoms with E-state index in [2.05, 4.69) is 5.32 Å². The second-order valence-corrected chi connectivity index (χ2v) is 9.83. The monoisotopic (exact) mass is 496 g/mol. The van der Waals surface area contributed by atoms with Crippen molar-refractivity contribution in [2.24, 2.45) is 0 Å². The van der Waals surface area contributed by atoms with Crippen LogP contribution in [0, 0.1) is 0 Å². The van der Waals surface area contributed by atoms with Crippen molar-refractivity contribution >= 4 is 56.4 Å². The number of amides is 1. The largest absolute Gasteiger partial charge is 0.324 e. The number of halogens is 3. The lowest BCUT2D eigenvalue weighted by Gasteiger charge is -2.23. The van der Waals surface area contributed by atoms with Crippen LogP contribution in [0.4, 0.5) is 5.69 Å². The lowest BCUT2D eigenvalue weighted by Crippen LogP contribution is -2.39. The van der Waals surface area contributed by atoms with Gasteiger partial charge in [0.2, 0.25) is 15.9 Å². The Morgan fingerprint density at radius 2 is 1.55 bits per heavy atom. The van der Waals surface area contributed by atoms with Crippen LogP contribution in [0.1, 0.15) is 5.56 Å². The summed E-state index contributed by atoms with van der Waals surface area (Å²) in [5.41, 5.74) is 1.33. The first-order valence-electron chi connectivity index (χ1n) is 9.31. The Bertz CT molecular complexity index is 1170. The number of benzene rings is 3. The van der Waals surface area contributed by atoms with Gasteiger partial charge in [0.05, 0.1) is 22.3 Å². The quantitative estimate of drug-likeness (QED) is 0.446. The highest BCUT2D eigenvalue weighted by molar-refractivity contribution is 7.89. The van der Waals surface area contributed by atoms with Crippen molar-refractivity contribution in [3.05, 3.63) is 93.4 Å². The van der Waals surface area contributed by atoms with Crippen molar-refractivity contribution in [2.45, 2.75) is 11.3 Å². The molecule has 31 heavy (non-hydrogen) atoms. The molecule has 0 unspecified atom stereocenters. The Balaban J connectivity index is 1.87. The molecule has 3 rings (SSSR count). The summed E-state index contributed by atoms with van der Waals surface area (Å²) >= 11 is 18.2. The van der Waals surface area contributed by atoms with Gasteiger partial charge in [0, 0.05) is 11.6 Å². The summed E-state index contributed by atoms with van der Waals surface area (Å²) in [5, 5.41) is 3.26. The maximum Gasteiger partial charge on any atom is 0.245 e. The highest BCUT2D eigenvalue weighted by atomic mass is 35.5. The molecule has 0 radical (unpaired) electrons. The number of carbonyl (C=O) groups is 1. The summed E-state index contributed by atoms with van der Waals surface area (Å²) < 4.78 is 27.8. The minimum Gasteiger partial charge on any atom is -0.324 e. The smallest absolute Gasteiger partial charge is 0.245 e. The zero-order valence-electron chi connectivity index (χ0n) is 16.3. The number of rotatable bonds is 8. The minimum absolute atomic E-state index is 0.0284. The fraction of sp³-hybridized carbons (Fsp3) is 0.136. The number of nitrogens with zero attached hydrogens (tertiary/aromatic N) is 1. The van der Waals surface area contributed by atoms with Gasteiger partial charge >= 0.3 is 0 Å². The van der Waals surface area contributed by atoms with Crippen LogP contribution in [-0.2, 0) is 21.2 Å².